The van der Waals surface area contributed by atoms with E-state index in [1.54, 1.807) is 0 Å². The Balaban J connectivity index is 0. The molecule has 6 aliphatic rings. The number of hydrogen-bond donors (Lipinski definition) is 2. The molecule has 6 atom stereocenters. The predicted octanol–water partition coefficient (Wildman–Crippen LogP) is 9.31. The molecule has 59 heavy (non-hydrogen) atoms. The van der Waals surface area contributed by atoms with Crippen molar-refractivity contribution in [1.29, 1.82) is 0 Å². The van der Waals surface area contributed by atoms with Gasteiger partial charge in [0.25, 0.3) is 0 Å². The van der Waals surface area contributed by atoms with Crippen LogP contribution in [0.25, 0.3) is 0 Å². The Bertz CT molecular complexity index is 1600. The third-order valence-electron chi connectivity index (χ3n) is 8.67. The molecule has 0 amide bonds. The summed E-state index contributed by atoms with van der Waals surface area (Å²) >= 11 is 0. The molecule has 0 saturated heterocycles. The van der Waals surface area contributed by atoms with E-state index in [4.69, 9.17) is 15.3 Å². The molecule has 6 rings (SSSR count). The first-order chi connectivity index (χ1) is 27.0. The number of nitroso groups, excluding NO2 is 6. The first-order valence-electron chi connectivity index (χ1n) is 18.8. The summed E-state index contributed by atoms with van der Waals surface area (Å²) < 4.78 is 6.00. The third kappa shape index (κ3) is 21.5. The fourth-order valence-corrected chi connectivity index (χ4v) is 4.97. The minimum Gasteiger partial charge on any atom is -0.201 e. The fraction of sp³-hybridized carbons (Fsp3) is 0.429. The topological polar surface area (TPSA) is 181 Å². The molecule has 6 unspecified atom stereocenters. The first-order valence-corrected chi connectivity index (χ1v) is 18.8. The van der Waals surface area contributed by atoms with Gasteiger partial charge in [0.1, 0.15) is 4.91 Å². The summed E-state index contributed by atoms with van der Waals surface area (Å²) in [5.41, 5.74) is 4.69. The van der Waals surface area contributed by atoms with Crippen LogP contribution in [0.3, 0.4) is 0 Å². The molecule has 0 saturated carbocycles. The smallest absolute Gasteiger partial charge is 0.201 e. The molecule has 0 spiro atoms. The molecule has 6 aliphatic heterocycles. The normalized spacial score (nSPS) is 24.4. The van der Waals surface area contributed by atoms with Crippen LogP contribution in [0.15, 0.2) is 144 Å². The molecule has 0 aromatic heterocycles. The summed E-state index contributed by atoms with van der Waals surface area (Å²) in [7, 11) is 0. The first kappa shape index (κ1) is 55.3. The molecule has 17 heteroatoms. The van der Waals surface area contributed by atoms with E-state index in [0.717, 1.165) is 62.7 Å². The molecule has 0 aromatic rings. The van der Waals surface area contributed by atoms with E-state index in [2.05, 4.69) is 0 Å². The van der Waals surface area contributed by atoms with Crippen LogP contribution in [0.4, 0.5) is 0 Å². The Hall–Kier alpha value is -5.79. The number of allylic oxidation sites excluding steroid dienone is 18. The molecular weight excluding hydrogens is 798 g/mol. The average Bonchev–Trinajstić information content (AvgIpc) is 3.16. The van der Waals surface area contributed by atoms with Crippen molar-refractivity contribution < 1.29 is 61.4 Å². The SMILES string of the molecule is CC1=CC=CC(C)[N+]1=O.CC1=CC=CC(C)[N+]1=O.CC1=CC=CC(C)[N+]1=O.CC1=CC=CC(C)[N+]1=O.CC1=CC=CC(C)[N+]1=O.CC1=CC=CC(C)[N+]1=O.O=[N+](O)O.[Cr+3]. The van der Waals surface area contributed by atoms with Crippen molar-refractivity contribution in [3.8, 4) is 0 Å². The van der Waals surface area contributed by atoms with Crippen LogP contribution in [-0.2, 0) is 17.4 Å². The summed E-state index contributed by atoms with van der Waals surface area (Å²) in [6.07, 6.45) is 33.6. The van der Waals surface area contributed by atoms with Crippen molar-refractivity contribution in [2.24, 2.45) is 0 Å². The van der Waals surface area contributed by atoms with Gasteiger partial charge in [0.15, 0.2) is 0 Å². The van der Waals surface area contributed by atoms with Crippen LogP contribution in [0, 0.1) is 34.3 Å². The second-order valence-electron chi connectivity index (χ2n) is 13.8. The second-order valence-corrected chi connectivity index (χ2v) is 13.8. The molecule has 16 nitrogen and oxygen atoms in total. The summed E-state index contributed by atoms with van der Waals surface area (Å²) in [5, 5.41) is 12.5. The summed E-state index contributed by atoms with van der Waals surface area (Å²) in [6, 6.07) is 0.0556. The maximum absolute atomic E-state index is 10.9. The standard InChI is InChI=1S/6C7H10NO.Cr.H2NO3/c6*1-6-4-3-5-7(2)8(6)9;;2-1(3)4/h6*3-6H,1-2H3;;(H2,2,3,4)/q6*+1;+3;+1. The molecule has 0 aromatic carbocycles. The zero-order chi connectivity index (χ0) is 44.7. The van der Waals surface area contributed by atoms with E-state index < -0.39 is 5.09 Å². The maximum Gasteiger partial charge on any atom is 3.00 e. The van der Waals surface area contributed by atoms with Crippen molar-refractivity contribution in [1.82, 2.24) is 0 Å². The molecule has 0 aliphatic carbocycles. The Morgan fingerprint density at radius 1 is 0.356 bits per heavy atom. The molecule has 1 radical (unpaired) electrons. The largest absolute Gasteiger partial charge is 3.00 e. The van der Waals surface area contributed by atoms with E-state index in [9.17, 15) is 29.4 Å². The fourth-order valence-electron chi connectivity index (χ4n) is 4.97. The van der Waals surface area contributed by atoms with Gasteiger partial charge in [-0.25, -0.2) is 10.4 Å². The van der Waals surface area contributed by atoms with Gasteiger partial charge in [-0.05, 0) is 36.5 Å². The maximum atomic E-state index is 10.9. The van der Waals surface area contributed by atoms with Crippen LogP contribution >= 0.6 is 0 Å². The molecular formula is C42H62CrN7O9+10. The molecule has 315 valence electrons. The van der Waals surface area contributed by atoms with Crippen LogP contribution in [-0.4, -0.2) is 80.3 Å². The van der Waals surface area contributed by atoms with Crippen molar-refractivity contribution in [2.45, 2.75) is 119 Å². The van der Waals surface area contributed by atoms with Crippen molar-refractivity contribution in [3.63, 3.8) is 0 Å². The van der Waals surface area contributed by atoms with Crippen molar-refractivity contribution >= 4 is 0 Å². The summed E-state index contributed by atoms with van der Waals surface area (Å²) in [6.45, 7) is 22.1. The quantitative estimate of drug-likeness (QED) is 0.177. The van der Waals surface area contributed by atoms with E-state index in [0.29, 0.717) is 0 Å². The van der Waals surface area contributed by atoms with E-state index in [1.807, 2.05) is 192 Å². The zero-order valence-corrected chi connectivity index (χ0v) is 37.4. The predicted molar refractivity (Wildman–Crippen MR) is 223 cm³/mol. The Labute approximate surface area is 357 Å². The zero-order valence-electron chi connectivity index (χ0n) is 36.1. The minimum atomic E-state index is -1.25. The number of nitrogens with zero attached hydrogens (tertiary/aromatic N) is 7. The molecule has 2 N–H and O–H groups in total. The van der Waals surface area contributed by atoms with Gasteiger partial charge < -0.3 is 0 Å². The third-order valence-corrected chi connectivity index (χ3v) is 8.67. The Morgan fingerprint density at radius 3 is 0.525 bits per heavy atom. The Kier molecular flexibility index (Phi) is 26.8. The Morgan fingerprint density at radius 2 is 0.458 bits per heavy atom. The van der Waals surface area contributed by atoms with Crippen molar-refractivity contribution in [3.05, 3.63) is 178 Å². The van der Waals surface area contributed by atoms with E-state index in [1.165, 1.54) is 0 Å². The molecule has 0 bridgehead atoms. The molecule has 6 heterocycles. The van der Waals surface area contributed by atoms with Gasteiger partial charge in [-0.3, -0.25) is 0 Å². The van der Waals surface area contributed by atoms with Crippen LogP contribution in [0.2, 0.25) is 0 Å². The monoisotopic (exact) mass is 860 g/mol. The second kappa shape index (κ2) is 28.6. The van der Waals surface area contributed by atoms with E-state index in [-0.39, 0.29) is 53.6 Å². The van der Waals surface area contributed by atoms with Crippen LogP contribution in [0.1, 0.15) is 83.1 Å². The van der Waals surface area contributed by atoms with Crippen LogP contribution < -0.4 is 0 Å². The average molecular weight is 861 g/mol. The van der Waals surface area contributed by atoms with Gasteiger partial charge >= 0.3 is 22.4 Å². The number of rotatable bonds is 0. The minimum absolute atomic E-state index is 0. The summed E-state index contributed by atoms with van der Waals surface area (Å²) in [4.78, 5) is 74.0. The van der Waals surface area contributed by atoms with Gasteiger partial charge in [-0.2, -0.15) is 0 Å². The summed E-state index contributed by atoms with van der Waals surface area (Å²) in [5.74, 6) is 0. The van der Waals surface area contributed by atoms with Gasteiger partial charge in [-0.15, -0.1) is 0 Å². The van der Waals surface area contributed by atoms with Crippen molar-refractivity contribution in [2.75, 3.05) is 0 Å². The van der Waals surface area contributed by atoms with Gasteiger partial charge in [-0.1, -0.05) is 36.5 Å². The van der Waals surface area contributed by atoms with Gasteiger partial charge in [0.05, 0.1) is 0 Å². The number of hydrogen-bond acceptors (Lipinski definition) is 7. The van der Waals surface area contributed by atoms with Gasteiger partial charge in [0, 0.05) is 178 Å². The van der Waals surface area contributed by atoms with E-state index >= 15 is 0 Å². The van der Waals surface area contributed by atoms with Crippen LogP contribution in [0.5, 0.6) is 0 Å². The molecule has 0 fully saturated rings. The van der Waals surface area contributed by atoms with Gasteiger partial charge in [0.2, 0.25) is 70.4 Å².